The number of aliphatic carboxylic acids is 1. The van der Waals surface area contributed by atoms with E-state index in [4.69, 9.17) is 9.52 Å². The van der Waals surface area contributed by atoms with Crippen LogP contribution in [0.15, 0.2) is 22.8 Å². The molecule has 0 aliphatic carbocycles. The average Bonchev–Trinajstić information content (AvgIpc) is 2.87. The first-order valence-corrected chi connectivity index (χ1v) is 6.14. The van der Waals surface area contributed by atoms with Crippen LogP contribution in [0.5, 0.6) is 0 Å². The summed E-state index contributed by atoms with van der Waals surface area (Å²) in [7, 11) is 1.65. The molecular formula is C13H20N2O4. The fourth-order valence-corrected chi connectivity index (χ4v) is 1.48. The Hall–Kier alpha value is -1.82. The van der Waals surface area contributed by atoms with E-state index in [9.17, 15) is 9.59 Å². The third-order valence-corrected chi connectivity index (χ3v) is 3.21. The molecule has 0 saturated carbocycles. The third-order valence-electron chi connectivity index (χ3n) is 3.21. The second kappa shape index (κ2) is 6.38. The SMILES string of the molecule is CCC(C)(NCC(=O)N(C)Cc1ccco1)C(=O)O. The van der Waals surface area contributed by atoms with E-state index in [1.54, 1.807) is 39.3 Å². The molecule has 0 radical (unpaired) electrons. The number of furan rings is 1. The Morgan fingerprint density at radius 3 is 2.68 bits per heavy atom. The Balaban J connectivity index is 2.48. The van der Waals surface area contributed by atoms with Crippen molar-refractivity contribution in [3.63, 3.8) is 0 Å². The van der Waals surface area contributed by atoms with Crippen molar-refractivity contribution in [2.24, 2.45) is 0 Å². The van der Waals surface area contributed by atoms with Gasteiger partial charge in [-0.2, -0.15) is 0 Å². The van der Waals surface area contributed by atoms with E-state index >= 15 is 0 Å². The zero-order chi connectivity index (χ0) is 14.5. The van der Waals surface area contributed by atoms with Crippen LogP contribution in [0.4, 0.5) is 0 Å². The maximum absolute atomic E-state index is 11.9. The van der Waals surface area contributed by atoms with Crippen LogP contribution in [0.2, 0.25) is 0 Å². The van der Waals surface area contributed by atoms with Crippen molar-refractivity contribution in [2.75, 3.05) is 13.6 Å². The molecule has 1 unspecified atom stereocenters. The normalized spacial score (nSPS) is 13.8. The van der Waals surface area contributed by atoms with Gasteiger partial charge >= 0.3 is 5.97 Å². The molecule has 1 aromatic rings. The van der Waals surface area contributed by atoms with Crippen molar-refractivity contribution in [3.05, 3.63) is 24.2 Å². The smallest absolute Gasteiger partial charge is 0.323 e. The van der Waals surface area contributed by atoms with E-state index in [1.807, 2.05) is 0 Å². The van der Waals surface area contributed by atoms with Crippen LogP contribution in [-0.4, -0.2) is 41.0 Å². The summed E-state index contributed by atoms with van der Waals surface area (Å²) in [5, 5.41) is 11.9. The molecular weight excluding hydrogens is 248 g/mol. The molecule has 1 rings (SSSR count). The fourth-order valence-electron chi connectivity index (χ4n) is 1.48. The van der Waals surface area contributed by atoms with Crippen LogP contribution in [0, 0.1) is 0 Å². The van der Waals surface area contributed by atoms with Gasteiger partial charge in [-0.25, -0.2) is 0 Å². The molecule has 6 heteroatoms. The van der Waals surface area contributed by atoms with Gasteiger partial charge in [-0.1, -0.05) is 6.92 Å². The van der Waals surface area contributed by atoms with Gasteiger partial charge in [-0.05, 0) is 25.5 Å². The van der Waals surface area contributed by atoms with Gasteiger partial charge in [-0.15, -0.1) is 0 Å². The molecule has 1 heterocycles. The van der Waals surface area contributed by atoms with Gasteiger partial charge in [0.05, 0.1) is 19.4 Å². The summed E-state index contributed by atoms with van der Waals surface area (Å²) >= 11 is 0. The Morgan fingerprint density at radius 2 is 2.21 bits per heavy atom. The molecule has 0 bridgehead atoms. The summed E-state index contributed by atoms with van der Waals surface area (Å²) in [6.07, 6.45) is 1.95. The Bertz CT molecular complexity index is 430. The molecule has 1 atom stereocenters. The van der Waals surface area contributed by atoms with Crippen LogP contribution in [0.3, 0.4) is 0 Å². The maximum Gasteiger partial charge on any atom is 0.323 e. The number of carbonyl (C=O) groups is 2. The van der Waals surface area contributed by atoms with E-state index < -0.39 is 11.5 Å². The second-order valence-corrected chi connectivity index (χ2v) is 4.67. The fraction of sp³-hybridized carbons (Fsp3) is 0.538. The topological polar surface area (TPSA) is 82.8 Å². The number of amides is 1. The lowest BCUT2D eigenvalue weighted by Crippen LogP contribution is -2.52. The summed E-state index contributed by atoms with van der Waals surface area (Å²) in [4.78, 5) is 24.5. The molecule has 6 nitrogen and oxygen atoms in total. The minimum absolute atomic E-state index is 0.0200. The van der Waals surface area contributed by atoms with E-state index in [1.165, 1.54) is 4.90 Å². The van der Waals surface area contributed by atoms with Gasteiger partial charge in [0.1, 0.15) is 11.3 Å². The van der Waals surface area contributed by atoms with E-state index in [0.717, 1.165) is 0 Å². The van der Waals surface area contributed by atoms with Crippen LogP contribution in [0.25, 0.3) is 0 Å². The molecule has 0 aliphatic rings. The number of nitrogens with zero attached hydrogens (tertiary/aromatic N) is 1. The van der Waals surface area contributed by atoms with Gasteiger partial charge in [0.2, 0.25) is 5.91 Å². The van der Waals surface area contributed by atoms with E-state index in [0.29, 0.717) is 18.7 Å². The average molecular weight is 268 g/mol. The van der Waals surface area contributed by atoms with Gasteiger partial charge in [0.15, 0.2) is 0 Å². The minimum Gasteiger partial charge on any atom is -0.480 e. The maximum atomic E-state index is 11.9. The van der Waals surface area contributed by atoms with E-state index in [-0.39, 0.29) is 12.5 Å². The molecule has 0 saturated heterocycles. The minimum atomic E-state index is -1.08. The van der Waals surface area contributed by atoms with Crippen molar-refractivity contribution in [1.29, 1.82) is 0 Å². The summed E-state index contributed by atoms with van der Waals surface area (Å²) in [6, 6.07) is 3.54. The largest absolute Gasteiger partial charge is 0.480 e. The first kappa shape index (κ1) is 15.2. The lowest BCUT2D eigenvalue weighted by Gasteiger charge is -2.25. The predicted molar refractivity (Wildman–Crippen MR) is 69.5 cm³/mol. The number of rotatable bonds is 7. The number of hydrogen-bond donors (Lipinski definition) is 2. The number of carboxylic acid groups (broad SMARTS) is 1. The molecule has 0 aliphatic heterocycles. The molecule has 1 aromatic heterocycles. The summed E-state index contributed by atoms with van der Waals surface area (Å²) in [6.45, 7) is 3.67. The number of nitrogens with one attached hydrogen (secondary N) is 1. The summed E-state index contributed by atoms with van der Waals surface area (Å²) in [5.74, 6) is -0.457. The molecule has 0 spiro atoms. The Labute approximate surface area is 112 Å². The van der Waals surface area contributed by atoms with Crippen LogP contribution >= 0.6 is 0 Å². The predicted octanol–water partition coefficient (Wildman–Crippen LogP) is 1.08. The molecule has 0 aromatic carbocycles. The summed E-state index contributed by atoms with van der Waals surface area (Å²) < 4.78 is 5.15. The van der Waals surface area contributed by atoms with Crippen molar-refractivity contribution in [1.82, 2.24) is 10.2 Å². The van der Waals surface area contributed by atoms with Crippen LogP contribution in [0.1, 0.15) is 26.0 Å². The number of carboxylic acids is 1. The lowest BCUT2D eigenvalue weighted by molar-refractivity contribution is -0.144. The Morgan fingerprint density at radius 1 is 1.53 bits per heavy atom. The van der Waals surface area contributed by atoms with Crippen molar-refractivity contribution in [2.45, 2.75) is 32.4 Å². The molecule has 1 amide bonds. The number of hydrogen-bond acceptors (Lipinski definition) is 4. The molecule has 19 heavy (non-hydrogen) atoms. The standard InChI is InChI=1S/C13H20N2O4/c1-4-13(2,12(17)18)14-8-11(16)15(3)9-10-6-5-7-19-10/h5-7,14H,4,8-9H2,1-3H3,(H,17,18). The first-order valence-electron chi connectivity index (χ1n) is 6.14. The van der Waals surface area contributed by atoms with E-state index in [2.05, 4.69) is 5.32 Å². The molecule has 0 fully saturated rings. The third kappa shape index (κ3) is 4.10. The highest BCUT2D eigenvalue weighted by Crippen LogP contribution is 2.09. The lowest BCUT2D eigenvalue weighted by atomic mass is 9.99. The van der Waals surface area contributed by atoms with Crippen LogP contribution in [-0.2, 0) is 16.1 Å². The monoisotopic (exact) mass is 268 g/mol. The van der Waals surface area contributed by atoms with Gasteiger partial charge in [0, 0.05) is 7.05 Å². The molecule has 106 valence electrons. The highest BCUT2D eigenvalue weighted by Gasteiger charge is 2.31. The van der Waals surface area contributed by atoms with Crippen molar-refractivity contribution in [3.8, 4) is 0 Å². The highest BCUT2D eigenvalue weighted by molar-refractivity contribution is 5.81. The summed E-state index contributed by atoms with van der Waals surface area (Å²) in [5.41, 5.74) is -1.08. The van der Waals surface area contributed by atoms with Gasteiger partial charge < -0.3 is 14.4 Å². The second-order valence-electron chi connectivity index (χ2n) is 4.67. The highest BCUT2D eigenvalue weighted by atomic mass is 16.4. The number of carbonyl (C=O) groups excluding carboxylic acids is 1. The van der Waals surface area contributed by atoms with Crippen LogP contribution < -0.4 is 5.32 Å². The molecule has 2 N–H and O–H groups in total. The number of likely N-dealkylation sites (N-methyl/N-ethyl adjacent to an activating group) is 1. The quantitative estimate of drug-likeness (QED) is 0.773. The van der Waals surface area contributed by atoms with Crippen molar-refractivity contribution >= 4 is 11.9 Å². The zero-order valence-corrected chi connectivity index (χ0v) is 11.5. The van der Waals surface area contributed by atoms with Crippen molar-refractivity contribution < 1.29 is 19.1 Å². The van der Waals surface area contributed by atoms with Gasteiger partial charge in [-0.3, -0.25) is 14.9 Å². The Kier molecular flexibility index (Phi) is 5.11. The zero-order valence-electron chi connectivity index (χ0n) is 11.5. The first-order chi connectivity index (χ1) is 8.89. The van der Waals surface area contributed by atoms with Gasteiger partial charge in [0.25, 0.3) is 0 Å².